The van der Waals surface area contributed by atoms with Crippen molar-refractivity contribution in [3.8, 4) is 0 Å². The number of allylic oxidation sites excluding steroid dienone is 8. The maximum atomic E-state index is 2.47. The van der Waals surface area contributed by atoms with E-state index in [0.29, 0.717) is 3.12 Å². The molecule has 0 N–H and O–H groups in total. The molecule has 0 aromatic rings. The molecule has 0 saturated carbocycles. The van der Waals surface area contributed by atoms with Crippen molar-refractivity contribution >= 4 is 0 Å². The largest absolute Gasteiger partial charge is 1.00 e. The average Bonchev–Trinajstić information content (AvgIpc) is 2.88. The molecule has 2 aliphatic rings. The number of hydrogen-bond acceptors (Lipinski definition) is 0. The number of hydrogen-bond donors (Lipinski definition) is 0. The van der Waals surface area contributed by atoms with Crippen LogP contribution in [0.25, 0.3) is 0 Å². The maximum Gasteiger partial charge on any atom is -1.00 e. The Bertz CT molecular complexity index is 305. The fraction of sp³-hybridized carbons (Fsp3) is 0.429. The molecule has 0 fully saturated rings. The molecular formula is C14H18Cl2Zr. The Morgan fingerprint density at radius 1 is 1.00 bits per heavy atom. The molecule has 0 aromatic heterocycles. The van der Waals surface area contributed by atoms with Crippen molar-refractivity contribution in [3.63, 3.8) is 0 Å². The van der Waals surface area contributed by atoms with Crippen LogP contribution >= 0.6 is 0 Å². The summed E-state index contributed by atoms with van der Waals surface area (Å²) in [5.74, 6) is 0. The van der Waals surface area contributed by atoms with E-state index >= 15 is 0 Å². The van der Waals surface area contributed by atoms with E-state index in [9.17, 15) is 0 Å². The van der Waals surface area contributed by atoms with Crippen LogP contribution in [-0.2, 0) is 23.2 Å². The molecule has 0 aromatic carbocycles. The Morgan fingerprint density at radius 3 is 2.12 bits per heavy atom. The minimum absolute atomic E-state index is 0. The van der Waals surface area contributed by atoms with Gasteiger partial charge in [-0.1, -0.05) is 0 Å². The second kappa shape index (κ2) is 8.51. The van der Waals surface area contributed by atoms with Crippen molar-refractivity contribution < 1.29 is 48.0 Å². The summed E-state index contributed by atoms with van der Waals surface area (Å²) in [6.45, 7) is 2.29. The SMILES string of the molecule is CCCC[C]1([Zr+2][CH]2C=CC=C2)C=CC=C1.[Cl-].[Cl-]. The van der Waals surface area contributed by atoms with Crippen LogP contribution in [0.4, 0.5) is 0 Å². The molecule has 3 heteroatoms. The van der Waals surface area contributed by atoms with Gasteiger partial charge in [-0.15, -0.1) is 0 Å². The van der Waals surface area contributed by atoms with Crippen LogP contribution < -0.4 is 24.8 Å². The molecule has 92 valence electrons. The molecule has 0 amide bonds. The van der Waals surface area contributed by atoms with Gasteiger partial charge in [-0.25, -0.2) is 0 Å². The monoisotopic (exact) mass is 346 g/mol. The summed E-state index contributed by atoms with van der Waals surface area (Å²) < 4.78 is 1.33. The van der Waals surface area contributed by atoms with Gasteiger partial charge >= 0.3 is 105 Å². The third-order valence-electron chi connectivity index (χ3n) is 3.03. The smallest absolute Gasteiger partial charge is 1.00 e. The normalized spacial score (nSPS) is 18.9. The van der Waals surface area contributed by atoms with Crippen LogP contribution in [0.1, 0.15) is 26.2 Å². The molecule has 0 atom stereocenters. The fourth-order valence-corrected chi connectivity index (χ4v) is 6.43. The molecular weight excluding hydrogens is 330 g/mol. The minimum Gasteiger partial charge on any atom is -1.00 e. The first-order valence-electron chi connectivity index (χ1n) is 5.84. The van der Waals surface area contributed by atoms with E-state index in [1.54, 1.807) is 0 Å². The van der Waals surface area contributed by atoms with Gasteiger partial charge in [0.15, 0.2) is 0 Å². The summed E-state index contributed by atoms with van der Waals surface area (Å²) in [5.41, 5.74) is 0. The molecule has 0 bridgehead atoms. The molecule has 2 aliphatic carbocycles. The summed E-state index contributed by atoms with van der Waals surface area (Å²) in [5, 5.41) is 0. The molecule has 17 heavy (non-hydrogen) atoms. The summed E-state index contributed by atoms with van der Waals surface area (Å²) in [6, 6.07) is 0. The van der Waals surface area contributed by atoms with Gasteiger partial charge in [-0.3, -0.25) is 0 Å². The van der Waals surface area contributed by atoms with Gasteiger partial charge in [0.05, 0.1) is 0 Å². The first-order chi connectivity index (χ1) is 7.35. The zero-order valence-corrected chi connectivity index (χ0v) is 14.0. The Balaban J connectivity index is 0.00000128. The molecule has 0 nitrogen and oxygen atoms in total. The van der Waals surface area contributed by atoms with Crippen LogP contribution in [0.3, 0.4) is 0 Å². The predicted octanol–water partition coefficient (Wildman–Crippen LogP) is -1.53. The van der Waals surface area contributed by atoms with Crippen molar-refractivity contribution in [2.24, 2.45) is 0 Å². The fourth-order valence-electron chi connectivity index (χ4n) is 2.15. The van der Waals surface area contributed by atoms with Crippen LogP contribution in [0.5, 0.6) is 0 Å². The van der Waals surface area contributed by atoms with E-state index in [1.165, 1.54) is 19.3 Å². The van der Waals surface area contributed by atoms with Gasteiger partial charge in [0, 0.05) is 0 Å². The van der Waals surface area contributed by atoms with E-state index < -0.39 is 23.2 Å². The first-order valence-corrected chi connectivity index (χ1v) is 8.49. The second-order valence-corrected chi connectivity index (χ2v) is 8.94. The zero-order chi connectivity index (χ0) is 10.6. The second-order valence-electron chi connectivity index (χ2n) is 4.30. The van der Waals surface area contributed by atoms with Crippen LogP contribution in [-0.4, -0.2) is 0 Å². The predicted molar refractivity (Wildman–Crippen MR) is 62.5 cm³/mol. The molecule has 0 radical (unpaired) electrons. The summed E-state index contributed by atoms with van der Waals surface area (Å²) >= 11 is -0.413. The van der Waals surface area contributed by atoms with Crippen LogP contribution in [0.15, 0.2) is 48.6 Å². The van der Waals surface area contributed by atoms with E-state index in [1.807, 2.05) is 0 Å². The Hall–Kier alpha value is 0.423. The van der Waals surface area contributed by atoms with Crippen molar-refractivity contribution in [2.75, 3.05) is 0 Å². The van der Waals surface area contributed by atoms with E-state index in [2.05, 4.69) is 55.5 Å². The third-order valence-corrected chi connectivity index (χ3v) is 7.55. The van der Waals surface area contributed by atoms with Gasteiger partial charge < -0.3 is 24.8 Å². The van der Waals surface area contributed by atoms with Crippen molar-refractivity contribution in [3.05, 3.63) is 48.6 Å². The van der Waals surface area contributed by atoms with Crippen molar-refractivity contribution in [1.29, 1.82) is 0 Å². The summed E-state index contributed by atoms with van der Waals surface area (Å²) in [4.78, 5) is 0. The van der Waals surface area contributed by atoms with E-state index in [0.717, 1.165) is 3.63 Å². The quantitative estimate of drug-likeness (QED) is 0.565. The topological polar surface area (TPSA) is 0 Å². The van der Waals surface area contributed by atoms with E-state index in [-0.39, 0.29) is 24.8 Å². The third kappa shape index (κ3) is 4.89. The Kier molecular flexibility index (Phi) is 8.72. The minimum atomic E-state index is -0.413. The first kappa shape index (κ1) is 17.4. The number of rotatable bonds is 5. The molecule has 0 unspecified atom stereocenters. The number of unbranched alkanes of at least 4 members (excludes halogenated alkanes) is 1. The Morgan fingerprint density at radius 2 is 1.59 bits per heavy atom. The molecule has 0 saturated heterocycles. The van der Waals surface area contributed by atoms with E-state index in [4.69, 9.17) is 0 Å². The zero-order valence-electron chi connectivity index (χ0n) is 10.1. The molecule has 0 spiro atoms. The van der Waals surface area contributed by atoms with Gasteiger partial charge in [0.1, 0.15) is 0 Å². The molecule has 2 rings (SSSR count). The van der Waals surface area contributed by atoms with Crippen LogP contribution in [0.2, 0.25) is 6.75 Å². The average molecular weight is 348 g/mol. The van der Waals surface area contributed by atoms with Gasteiger partial charge in [-0.2, -0.15) is 0 Å². The van der Waals surface area contributed by atoms with Gasteiger partial charge in [-0.05, 0) is 0 Å². The van der Waals surface area contributed by atoms with Gasteiger partial charge in [0.25, 0.3) is 0 Å². The van der Waals surface area contributed by atoms with Crippen LogP contribution in [0, 0.1) is 0 Å². The maximum absolute atomic E-state index is 2.47. The number of halogens is 2. The Labute approximate surface area is 129 Å². The standard InChI is InChI=1S/C9H13.C5H5.2ClH.Zr/c1-2-3-6-9-7-4-5-8-9;1-2-4-5-3-1;;;/h4-5,7-8H,2-3,6H2,1H3;1-5H;2*1H;/q;;;;+2/p-2. The molecule has 0 heterocycles. The van der Waals surface area contributed by atoms with Gasteiger partial charge in [0.2, 0.25) is 0 Å². The van der Waals surface area contributed by atoms with Crippen molar-refractivity contribution in [2.45, 2.75) is 32.9 Å². The van der Waals surface area contributed by atoms with Crippen molar-refractivity contribution in [1.82, 2.24) is 0 Å². The summed E-state index contributed by atoms with van der Waals surface area (Å²) in [7, 11) is 0. The summed E-state index contributed by atoms with van der Waals surface area (Å²) in [6.07, 6.45) is 22.7. The molecule has 0 aliphatic heterocycles.